The van der Waals surface area contributed by atoms with Crippen molar-refractivity contribution in [1.82, 2.24) is 0 Å². The van der Waals surface area contributed by atoms with Gasteiger partial charge in [-0.15, -0.1) is 0 Å². The summed E-state index contributed by atoms with van der Waals surface area (Å²) in [7, 11) is 0. The molecule has 0 fully saturated rings. The highest BCUT2D eigenvalue weighted by atomic mass is 32.2. The number of thioether (sulfide) groups is 1. The van der Waals surface area contributed by atoms with Crippen LogP contribution in [0.2, 0.25) is 0 Å². The lowest BCUT2D eigenvalue weighted by atomic mass is 10.3. The van der Waals surface area contributed by atoms with E-state index in [0.717, 1.165) is 11.5 Å². The molecular weight excluding hydrogens is 184 g/mol. The summed E-state index contributed by atoms with van der Waals surface area (Å²) in [5.74, 6) is 2.40. The van der Waals surface area contributed by atoms with Gasteiger partial charge in [0.05, 0.1) is 0 Å². The molecule has 0 heterocycles. The van der Waals surface area contributed by atoms with E-state index in [4.69, 9.17) is 4.74 Å². The summed E-state index contributed by atoms with van der Waals surface area (Å²) in [5.41, 5.74) is 0.467. The van der Waals surface area contributed by atoms with Crippen molar-refractivity contribution in [2.45, 2.75) is 20.8 Å². The van der Waals surface area contributed by atoms with Gasteiger partial charge in [-0.25, -0.2) is 4.79 Å². The molecule has 0 amide bonds. The van der Waals surface area contributed by atoms with Crippen molar-refractivity contribution >= 4 is 17.7 Å². The van der Waals surface area contributed by atoms with Crippen molar-refractivity contribution in [3.63, 3.8) is 0 Å². The van der Waals surface area contributed by atoms with Crippen LogP contribution in [0.5, 0.6) is 0 Å². The number of esters is 1. The molecule has 0 unspecified atom stereocenters. The van der Waals surface area contributed by atoms with Crippen molar-refractivity contribution in [3.05, 3.63) is 12.2 Å². The minimum Gasteiger partial charge on any atom is -0.461 e. The second-order valence-corrected chi connectivity index (χ2v) is 4.53. The fourth-order valence-electron chi connectivity index (χ4n) is 0.636. The number of rotatable bonds is 6. The van der Waals surface area contributed by atoms with E-state index in [2.05, 4.69) is 20.4 Å². The number of hydrogen-bond donors (Lipinski definition) is 0. The lowest BCUT2D eigenvalue weighted by Gasteiger charge is -2.05. The monoisotopic (exact) mass is 202 g/mol. The molecule has 0 radical (unpaired) electrons. The van der Waals surface area contributed by atoms with Gasteiger partial charge < -0.3 is 4.74 Å². The molecule has 2 nitrogen and oxygen atoms in total. The van der Waals surface area contributed by atoms with Crippen LogP contribution in [0.3, 0.4) is 0 Å². The molecule has 3 heteroatoms. The molecule has 13 heavy (non-hydrogen) atoms. The molecule has 0 N–H and O–H groups in total. The van der Waals surface area contributed by atoms with E-state index in [-0.39, 0.29) is 5.97 Å². The van der Waals surface area contributed by atoms with E-state index >= 15 is 0 Å². The minimum atomic E-state index is -0.287. The Morgan fingerprint density at radius 2 is 2.15 bits per heavy atom. The minimum absolute atomic E-state index is 0.287. The third-order valence-corrected chi connectivity index (χ3v) is 2.62. The summed E-state index contributed by atoms with van der Waals surface area (Å²) < 4.78 is 4.93. The third-order valence-electron chi connectivity index (χ3n) is 1.26. The van der Waals surface area contributed by atoms with Gasteiger partial charge in [0, 0.05) is 11.3 Å². The highest BCUT2D eigenvalue weighted by molar-refractivity contribution is 7.99. The largest absolute Gasteiger partial charge is 0.461 e. The van der Waals surface area contributed by atoms with Crippen molar-refractivity contribution < 1.29 is 9.53 Å². The molecule has 0 atom stereocenters. The van der Waals surface area contributed by atoms with Crippen LogP contribution in [0.1, 0.15) is 20.8 Å². The highest BCUT2D eigenvalue weighted by Gasteiger charge is 2.02. The van der Waals surface area contributed by atoms with Gasteiger partial charge in [0.2, 0.25) is 0 Å². The normalized spacial score (nSPS) is 10.2. The Hall–Kier alpha value is -0.440. The molecular formula is C10H18O2S. The van der Waals surface area contributed by atoms with E-state index in [0.29, 0.717) is 18.1 Å². The topological polar surface area (TPSA) is 26.3 Å². The second kappa shape index (κ2) is 7.01. The third kappa shape index (κ3) is 7.91. The molecule has 0 aliphatic rings. The summed E-state index contributed by atoms with van der Waals surface area (Å²) in [5, 5.41) is 0. The first kappa shape index (κ1) is 12.6. The van der Waals surface area contributed by atoms with Crippen LogP contribution in [0.25, 0.3) is 0 Å². The number of carbonyl (C=O) groups excluding carboxylic acids is 1. The van der Waals surface area contributed by atoms with Crippen molar-refractivity contribution in [1.29, 1.82) is 0 Å². The zero-order valence-electron chi connectivity index (χ0n) is 8.63. The van der Waals surface area contributed by atoms with Gasteiger partial charge in [-0.3, -0.25) is 0 Å². The Labute approximate surface area is 84.7 Å². The standard InChI is InChI=1S/C10H18O2S/c1-8(2)7-13-6-5-12-10(11)9(3)4/h8H,3,5-7H2,1-2,4H3. The molecule has 0 aromatic carbocycles. The first-order chi connectivity index (χ1) is 6.04. The Bertz CT molecular complexity index is 176. The lowest BCUT2D eigenvalue weighted by Crippen LogP contribution is -2.08. The Morgan fingerprint density at radius 1 is 1.54 bits per heavy atom. The van der Waals surface area contributed by atoms with E-state index in [1.165, 1.54) is 0 Å². The van der Waals surface area contributed by atoms with Gasteiger partial charge in [-0.1, -0.05) is 20.4 Å². The molecule has 0 rings (SSSR count). The summed E-state index contributed by atoms with van der Waals surface area (Å²) >= 11 is 1.81. The van der Waals surface area contributed by atoms with E-state index < -0.39 is 0 Å². The fraction of sp³-hybridized carbons (Fsp3) is 0.700. The molecule has 0 aromatic heterocycles. The van der Waals surface area contributed by atoms with Crippen molar-refractivity contribution in [3.8, 4) is 0 Å². The first-order valence-corrected chi connectivity index (χ1v) is 5.60. The quantitative estimate of drug-likeness (QED) is 0.376. The molecule has 0 saturated carbocycles. The van der Waals surface area contributed by atoms with Crippen LogP contribution in [0.15, 0.2) is 12.2 Å². The van der Waals surface area contributed by atoms with Crippen LogP contribution in [0.4, 0.5) is 0 Å². The van der Waals surface area contributed by atoms with Crippen LogP contribution in [-0.2, 0) is 9.53 Å². The Morgan fingerprint density at radius 3 is 2.62 bits per heavy atom. The first-order valence-electron chi connectivity index (χ1n) is 4.44. The molecule has 0 bridgehead atoms. The van der Waals surface area contributed by atoms with Crippen LogP contribution < -0.4 is 0 Å². The molecule has 0 spiro atoms. The number of hydrogen-bond acceptors (Lipinski definition) is 3. The SMILES string of the molecule is C=C(C)C(=O)OCCSCC(C)C. The van der Waals surface area contributed by atoms with Gasteiger partial charge in [0.15, 0.2) is 0 Å². The van der Waals surface area contributed by atoms with Crippen LogP contribution in [0, 0.1) is 5.92 Å². The van der Waals surface area contributed by atoms with Crippen LogP contribution >= 0.6 is 11.8 Å². The maximum atomic E-state index is 10.9. The Kier molecular flexibility index (Phi) is 6.77. The van der Waals surface area contributed by atoms with E-state index in [1.54, 1.807) is 6.92 Å². The van der Waals surface area contributed by atoms with Crippen LogP contribution in [-0.4, -0.2) is 24.1 Å². The number of carbonyl (C=O) groups is 1. The average Bonchev–Trinajstić information content (AvgIpc) is 2.02. The average molecular weight is 202 g/mol. The Balaban J connectivity index is 3.26. The molecule has 0 saturated heterocycles. The zero-order chi connectivity index (χ0) is 10.3. The van der Waals surface area contributed by atoms with Gasteiger partial charge in [-0.2, -0.15) is 11.8 Å². The zero-order valence-corrected chi connectivity index (χ0v) is 9.45. The maximum absolute atomic E-state index is 10.9. The lowest BCUT2D eigenvalue weighted by molar-refractivity contribution is -0.138. The molecule has 76 valence electrons. The smallest absolute Gasteiger partial charge is 0.333 e. The fourth-order valence-corrected chi connectivity index (χ4v) is 1.47. The summed E-state index contributed by atoms with van der Waals surface area (Å²) in [4.78, 5) is 10.9. The molecule has 0 aliphatic heterocycles. The molecule has 0 aromatic rings. The van der Waals surface area contributed by atoms with Crippen molar-refractivity contribution in [2.24, 2.45) is 5.92 Å². The highest BCUT2D eigenvalue weighted by Crippen LogP contribution is 2.07. The summed E-state index contributed by atoms with van der Waals surface area (Å²) in [6, 6.07) is 0. The molecule has 0 aliphatic carbocycles. The van der Waals surface area contributed by atoms with Gasteiger partial charge in [0.1, 0.15) is 6.61 Å². The van der Waals surface area contributed by atoms with E-state index in [1.807, 2.05) is 11.8 Å². The maximum Gasteiger partial charge on any atom is 0.333 e. The predicted molar refractivity (Wildman–Crippen MR) is 57.9 cm³/mol. The second-order valence-electron chi connectivity index (χ2n) is 3.39. The summed E-state index contributed by atoms with van der Waals surface area (Å²) in [6.07, 6.45) is 0. The van der Waals surface area contributed by atoms with Gasteiger partial charge in [-0.05, 0) is 18.6 Å². The van der Waals surface area contributed by atoms with E-state index in [9.17, 15) is 4.79 Å². The summed E-state index contributed by atoms with van der Waals surface area (Å²) in [6.45, 7) is 9.99. The van der Waals surface area contributed by atoms with Gasteiger partial charge in [0.25, 0.3) is 0 Å². The predicted octanol–water partition coefficient (Wildman–Crippen LogP) is 2.49. The van der Waals surface area contributed by atoms with Gasteiger partial charge >= 0.3 is 5.97 Å². The van der Waals surface area contributed by atoms with Crippen molar-refractivity contribution in [2.75, 3.05) is 18.1 Å². The number of ether oxygens (including phenoxy) is 1.